The molecule has 4 atom stereocenters. The molecule has 0 bridgehead atoms. The Kier molecular flexibility index (Phi) is 28.9. The number of ether oxygens (including phenoxy) is 7. The topological polar surface area (TPSA) is 102 Å². The standard InChI is InChI=1S/C35H68O9/c1-4-5-6-7-8-9-13-17-22-39-24-26-41-28-29-42-27-25-40-23-18-16-20-32(36)19-14-11-10-12-15-21-33-34(43-30-38-3)31(2)44-35(33)37/h31-34,36H,4-30H2,1-3H3/t31-,32?,33?,34?/m0/s1. The highest BCUT2D eigenvalue weighted by molar-refractivity contribution is 5.75. The van der Waals surface area contributed by atoms with Crippen molar-refractivity contribution in [1.82, 2.24) is 0 Å². The van der Waals surface area contributed by atoms with E-state index in [9.17, 15) is 9.90 Å². The van der Waals surface area contributed by atoms with E-state index in [1.54, 1.807) is 7.11 Å². The molecule has 3 unspecified atom stereocenters. The van der Waals surface area contributed by atoms with Gasteiger partial charge in [-0.3, -0.25) is 4.79 Å². The predicted octanol–water partition coefficient (Wildman–Crippen LogP) is 7.01. The van der Waals surface area contributed by atoms with E-state index in [-0.39, 0.29) is 37.0 Å². The molecule has 0 amide bonds. The van der Waals surface area contributed by atoms with Gasteiger partial charge in [0.1, 0.15) is 19.0 Å². The molecule has 9 nitrogen and oxygen atoms in total. The molecule has 0 aromatic rings. The van der Waals surface area contributed by atoms with Crippen molar-refractivity contribution in [2.24, 2.45) is 5.92 Å². The molecule has 1 fully saturated rings. The number of hydrogen-bond acceptors (Lipinski definition) is 9. The van der Waals surface area contributed by atoms with Gasteiger partial charge in [-0.2, -0.15) is 0 Å². The van der Waals surface area contributed by atoms with Gasteiger partial charge in [-0.15, -0.1) is 0 Å². The summed E-state index contributed by atoms with van der Waals surface area (Å²) < 4.78 is 38.4. The van der Waals surface area contributed by atoms with Crippen LogP contribution in [0.3, 0.4) is 0 Å². The van der Waals surface area contributed by atoms with Crippen LogP contribution in [0.15, 0.2) is 0 Å². The molecule has 0 radical (unpaired) electrons. The summed E-state index contributed by atoms with van der Waals surface area (Å²) in [6.45, 7) is 9.45. The number of rotatable bonds is 34. The fourth-order valence-electron chi connectivity index (χ4n) is 5.58. The Morgan fingerprint density at radius 2 is 1.11 bits per heavy atom. The maximum absolute atomic E-state index is 12.1. The summed E-state index contributed by atoms with van der Waals surface area (Å²) in [7, 11) is 1.58. The number of methoxy groups -OCH3 is 1. The number of esters is 1. The van der Waals surface area contributed by atoms with Crippen LogP contribution in [-0.4, -0.2) is 96.1 Å². The SMILES string of the molecule is CCCCCCCCCCOCCOCCOCCOCCCCC(O)CCCCCCCC1C(=O)O[C@@H](C)C1OCOC. The largest absolute Gasteiger partial charge is 0.460 e. The minimum Gasteiger partial charge on any atom is -0.460 e. The highest BCUT2D eigenvalue weighted by atomic mass is 16.7. The van der Waals surface area contributed by atoms with Crippen LogP contribution < -0.4 is 0 Å². The average Bonchev–Trinajstić information content (AvgIpc) is 3.29. The summed E-state index contributed by atoms with van der Waals surface area (Å²) in [5, 5.41) is 10.3. The van der Waals surface area contributed by atoms with Gasteiger partial charge in [-0.05, 0) is 45.4 Å². The summed E-state index contributed by atoms with van der Waals surface area (Å²) in [4.78, 5) is 12.1. The van der Waals surface area contributed by atoms with Crippen LogP contribution in [0.1, 0.15) is 129 Å². The first-order chi connectivity index (χ1) is 21.6. The van der Waals surface area contributed by atoms with Gasteiger partial charge < -0.3 is 38.3 Å². The third-order valence-electron chi connectivity index (χ3n) is 8.23. The molecule has 0 aromatic heterocycles. The van der Waals surface area contributed by atoms with E-state index in [0.29, 0.717) is 46.2 Å². The number of aliphatic hydroxyl groups excluding tert-OH is 1. The number of hydrogen-bond donors (Lipinski definition) is 1. The second-order valence-corrected chi connectivity index (χ2v) is 12.2. The predicted molar refractivity (Wildman–Crippen MR) is 174 cm³/mol. The number of unbranched alkanes of at least 4 members (excludes halogenated alkanes) is 12. The maximum Gasteiger partial charge on any atom is 0.312 e. The first-order valence-corrected chi connectivity index (χ1v) is 17.9. The molecule has 1 aliphatic rings. The lowest BCUT2D eigenvalue weighted by molar-refractivity contribution is -0.144. The summed E-state index contributed by atoms with van der Waals surface area (Å²) in [5.41, 5.74) is 0. The summed E-state index contributed by atoms with van der Waals surface area (Å²) in [6.07, 6.45) is 19.6. The van der Waals surface area contributed by atoms with Crippen molar-refractivity contribution in [3.05, 3.63) is 0 Å². The van der Waals surface area contributed by atoms with Crippen molar-refractivity contribution in [3.63, 3.8) is 0 Å². The van der Waals surface area contributed by atoms with Crippen molar-refractivity contribution in [2.45, 2.75) is 148 Å². The summed E-state index contributed by atoms with van der Waals surface area (Å²) >= 11 is 0. The van der Waals surface area contributed by atoms with Crippen LogP contribution in [0.5, 0.6) is 0 Å². The Hall–Kier alpha value is -0.810. The molecule has 1 N–H and O–H groups in total. The molecule has 9 heteroatoms. The van der Waals surface area contributed by atoms with Gasteiger partial charge in [0, 0.05) is 20.3 Å². The number of carbonyl (C=O) groups is 1. The zero-order chi connectivity index (χ0) is 31.9. The zero-order valence-corrected chi connectivity index (χ0v) is 28.6. The Morgan fingerprint density at radius 1 is 0.659 bits per heavy atom. The minimum absolute atomic E-state index is 0.151. The highest BCUT2D eigenvalue weighted by Crippen LogP contribution is 2.29. The molecule has 0 spiro atoms. The molecule has 1 saturated heterocycles. The van der Waals surface area contributed by atoms with Gasteiger partial charge in [0.2, 0.25) is 0 Å². The second kappa shape index (κ2) is 30.8. The van der Waals surface area contributed by atoms with E-state index in [0.717, 1.165) is 77.2 Å². The van der Waals surface area contributed by atoms with Crippen LogP contribution in [0, 0.1) is 5.92 Å². The molecule has 0 aromatic carbocycles. The molecule has 44 heavy (non-hydrogen) atoms. The molecule has 0 aliphatic carbocycles. The maximum atomic E-state index is 12.1. The van der Waals surface area contributed by atoms with Crippen molar-refractivity contribution in [3.8, 4) is 0 Å². The Morgan fingerprint density at radius 3 is 1.68 bits per heavy atom. The molecule has 1 aliphatic heterocycles. The fourth-order valence-corrected chi connectivity index (χ4v) is 5.58. The molecule has 262 valence electrons. The van der Waals surface area contributed by atoms with Crippen LogP contribution in [0.2, 0.25) is 0 Å². The van der Waals surface area contributed by atoms with E-state index in [1.165, 1.54) is 44.9 Å². The van der Waals surface area contributed by atoms with Gasteiger partial charge in [-0.25, -0.2) is 0 Å². The van der Waals surface area contributed by atoms with Gasteiger partial charge in [0.15, 0.2) is 0 Å². The molecular formula is C35H68O9. The zero-order valence-electron chi connectivity index (χ0n) is 28.6. The molecule has 1 rings (SSSR count). The monoisotopic (exact) mass is 632 g/mol. The lowest BCUT2D eigenvalue weighted by atomic mass is 9.94. The smallest absolute Gasteiger partial charge is 0.312 e. The van der Waals surface area contributed by atoms with Crippen LogP contribution in [0.4, 0.5) is 0 Å². The second-order valence-electron chi connectivity index (χ2n) is 12.2. The molecule has 1 heterocycles. The van der Waals surface area contributed by atoms with Crippen LogP contribution in [-0.2, 0) is 38.0 Å². The normalized spacial score (nSPS) is 19.1. The van der Waals surface area contributed by atoms with E-state index in [4.69, 9.17) is 33.2 Å². The van der Waals surface area contributed by atoms with Gasteiger partial charge >= 0.3 is 5.97 Å². The first-order valence-electron chi connectivity index (χ1n) is 17.9. The van der Waals surface area contributed by atoms with Crippen molar-refractivity contribution >= 4 is 5.97 Å². The molecule has 0 saturated carbocycles. The lowest BCUT2D eigenvalue weighted by Crippen LogP contribution is -2.29. The van der Waals surface area contributed by atoms with E-state index >= 15 is 0 Å². The van der Waals surface area contributed by atoms with E-state index in [2.05, 4.69) is 6.92 Å². The first kappa shape index (κ1) is 41.2. The van der Waals surface area contributed by atoms with Gasteiger partial charge in [0.05, 0.1) is 51.7 Å². The third kappa shape index (κ3) is 23.5. The number of carbonyl (C=O) groups excluding carboxylic acids is 1. The number of aliphatic hydroxyl groups is 1. The molecular weight excluding hydrogens is 564 g/mol. The fraction of sp³-hybridized carbons (Fsp3) is 0.971. The van der Waals surface area contributed by atoms with Crippen molar-refractivity contribution in [1.29, 1.82) is 0 Å². The Labute approximate surface area is 269 Å². The summed E-state index contributed by atoms with van der Waals surface area (Å²) in [6, 6.07) is 0. The van der Waals surface area contributed by atoms with E-state index in [1.807, 2.05) is 6.92 Å². The Bertz CT molecular complexity index is 621. The average molecular weight is 633 g/mol. The lowest BCUT2D eigenvalue weighted by Gasteiger charge is -2.18. The third-order valence-corrected chi connectivity index (χ3v) is 8.23. The van der Waals surface area contributed by atoms with Gasteiger partial charge in [-0.1, -0.05) is 84.0 Å². The minimum atomic E-state index is -0.234. The van der Waals surface area contributed by atoms with Crippen LogP contribution in [0.25, 0.3) is 0 Å². The number of cyclic esters (lactones) is 1. The summed E-state index contributed by atoms with van der Waals surface area (Å²) in [5.74, 6) is -0.343. The van der Waals surface area contributed by atoms with Crippen molar-refractivity contribution < 1.29 is 43.1 Å². The van der Waals surface area contributed by atoms with Crippen molar-refractivity contribution in [2.75, 3.05) is 66.8 Å². The van der Waals surface area contributed by atoms with E-state index < -0.39 is 0 Å². The quantitative estimate of drug-likeness (QED) is 0.0456. The Balaban J connectivity index is 1.76. The van der Waals surface area contributed by atoms with Crippen LogP contribution >= 0.6 is 0 Å². The van der Waals surface area contributed by atoms with Gasteiger partial charge in [0.25, 0.3) is 0 Å². The highest BCUT2D eigenvalue weighted by Gasteiger charge is 2.42.